The lowest BCUT2D eigenvalue weighted by Gasteiger charge is -2.24. The van der Waals surface area contributed by atoms with E-state index in [9.17, 15) is 35.6 Å². The summed E-state index contributed by atoms with van der Waals surface area (Å²) in [5.41, 5.74) is -2.95. The molecule has 57 heavy (non-hydrogen) atoms. The number of aryl methyl sites for hydroxylation is 1. The maximum absolute atomic E-state index is 15.4. The zero-order valence-electron chi connectivity index (χ0n) is 29.1. The molecule has 1 saturated carbocycles. The quantitative estimate of drug-likeness (QED) is 0.137. The van der Waals surface area contributed by atoms with Crippen LogP contribution in [0.15, 0.2) is 47.3 Å². The van der Waals surface area contributed by atoms with Gasteiger partial charge in [-0.05, 0) is 54.3 Å². The number of hydrogen-bond acceptors (Lipinski definition) is 7. The van der Waals surface area contributed by atoms with E-state index in [1.54, 1.807) is 0 Å². The minimum Gasteiger partial charge on any atom is -0.344 e. The summed E-state index contributed by atoms with van der Waals surface area (Å²) in [5, 5.41) is 10.3. The predicted octanol–water partition coefficient (Wildman–Crippen LogP) is 7.33. The Morgan fingerprint density at radius 2 is 1.72 bits per heavy atom. The summed E-state index contributed by atoms with van der Waals surface area (Å²) in [4.78, 5) is 33.3. The van der Waals surface area contributed by atoms with Crippen LogP contribution in [0.2, 0.25) is 15.1 Å². The van der Waals surface area contributed by atoms with Crippen molar-refractivity contribution in [1.29, 1.82) is 0 Å². The lowest BCUT2D eigenvalue weighted by molar-refractivity contribution is -0.123. The SMILES string of the molecule is Cn1nc(NS(C)(=O)=O)c2c(Cl)ccc(-n3c(C(Cc4cc(F)cc(F)c4)NC(=O)Cn4nc(C(F)F)c5c4C(F)(F)[C@@H]4C[C@H]54)nc4cc(Cl)cc(Cl)c4c3=O)c21. The van der Waals surface area contributed by atoms with Crippen molar-refractivity contribution in [3.05, 3.63) is 108 Å². The van der Waals surface area contributed by atoms with Gasteiger partial charge in [-0.15, -0.1) is 0 Å². The van der Waals surface area contributed by atoms with Crippen LogP contribution in [0.4, 0.5) is 32.2 Å². The summed E-state index contributed by atoms with van der Waals surface area (Å²) in [6, 6.07) is 6.22. The zero-order chi connectivity index (χ0) is 41.0. The summed E-state index contributed by atoms with van der Waals surface area (Å²) in [6.07, 6.45) is -2.83. The summed E-state index contributed by atoms with van der Waals surface area (Å²) in [6.45, 7) is -0.999. The van der Waals surface area contributed by atoms with Crippen LogP contribution in [0.25, 0.3) is 27.5 Å². The number of sulfonamides is 1. The first-order chi connectivity index (χ1) is 26.7. The first kappa shape index (κ1) is 39.0. The molecule has 2 aliphatic carbocycles. The van der Waals surface area contributed by atoms with E-state index in [1.165, 1.54) is 36.0 Å². The van der Waals surface area contributed by atoms with Crippen LogP contribution < -0.4 is 15.6 Å². The number of rotatable bonds is 10. The Morgan fingerprint density at radius 1 is 1.02 bits per heavy atom. The molecule has 8 rings (SSSR count). The van der Waals surface area contributed by atoms with E-state index >= 15 is 8.78 Å². The van der Waals surface area contributed by atoms with Gasteiger partial charge in [0.2, 0.25) is 15.9 Å². The molecule has 0 saturated heterocycles. The topological polar surface area (TPSA) is 146 Å². The summed E-state index contributed by atoms with van der Waals surface area (Å²) >= 11 is 19.4. The number of carbonyl (C=O) groups excluding carboxylic acids is 1. The molecule has 3 aromatic heterocycles. The van der Waals surface area contributed by atoms with Crippen molar-refractivity contribution >= 4 is 78.4 Å². The molecule has 298 valence electrons. The number of aromatic nitrogens is 6. The standard InChI is InChI=1S/C35H25Cl3F6N8O4S/c1-50-29-23(4-3-19(37)27(29)32(48-50)49-57(2,55)56)52-33(46-21-9-14(36)8-20(38)26(21)34(52)54)22(7-13-5-15(39)10-16(40)6-13)45-24(53)12-51-30-25(28(47-51)31(41)42)17-11-18(17)35(30,43)44/h3-6,8-10,17-18,22,31H,7,11-12H2,1-2H3,(H,45,53)(H,48,49)/t17-,18+,22?/m0/s1. The molecule has 1 amide bonds. The summed E-state index contributed by atoms with van der Waals surface area (Å²) in [5.74, 6) is -9.19. The van der Waals surface area contributed by atoms with E-state index in [0.717, 1.165) is 23.0 Å². The van der Waals surface area contributed by atoms with E-state index in [-0.39, 0.29) is 71.8 Å². The Labute approximate surface area is 332 Å². The predicted molar refractivity (Wildman–Crippen MR) is 198 cm³/mol. The smallest absolute Gasteiger partial charge is 0.293 e. The molecular weight excluding hydrogens is 849 g/mol. The zero-order valence-corrected chi connectivity index (χ0v) is 32.2. The van der Waals surface area contributed by atoms with Gasteiger partial charge < -0.3 is 5.32 Å². The van der Waals surface area contributed by atoms with Gasteiger partial charge in [0, 0.05) is 36.0 Å². The fraction of sp³-hybridized carbons (Fsp3) is 0.286. The molecule has 0 radical (unpaired) electrons. The highest BCUT2D eigenvalue weighted by atomic mass is 35.5. The second-order valence-electron chi connectivity index (χ2n) is 13.8. The van der Waals surface area contributed by atoms with E-state index in [4.69, 9.17) is 34.8 Å². The minimum absolute atomic E-state index is 0.00519. The molecule has 3 atom stereocenters. The molecule has 0 aliphatic heterocycles. The lowest BCUT2D eigenvalue weighted by Crippen LogP contribution is -2.38. The van der Waals surface area contributed by atoms with Gasteiger partial charge in [-0.3, -0.25) is 28.2 Å². The van der Waals surface area contributed by atoms with Gasteiger partial charge in [0.25, 0.3) is 17.9 Å². The van der Waals surface area contributed by atoms with Crippen molar-refractivity contribution in [2.75, 3.05) is 11.0 Å². The van der Waals surface area contributed by atoms with E-state index in [1.807, 2.05) is 0 Å². The highest BCUT2D eigenvalue weighted by molar-refractivity contribution is 7.92. The Bertz CT molecular complexity index is 2870. The number of anilines is 1. The van der Waals surface area contributed by atoms with Crippen molar-refractivity contribution < 1.29 is 39.6 Å². The highest BCUT2D eigenvalue weighted by Gasteiger charge is 2.67. The average molecular weight is 874 g/mol. The van der Waals surface area contributed by atoms with Crippen molar-refractivity contribution in [3.8, 4) is 5.69 Å². The molecule has 0 spiro atoms. The van der Waals surface area contributed by atoms with Gasteiger partial charge in [0.15, 0.2) is 5.82 Å². The molecule has 1 fully saturated rings. The van der Waals surface area contributed by atoms with Crippen LogP contribution in [-0.2, 0) is 40.8 Å². The van der Waals surface area contributed by atoms with E-state index in [0.29, 0.717) is 10.7 Å². The van der Waals surface area contributed by atoms with Gasteiger partial charge >= 0.3 is 0 Å². The molecular formula is C35H25Cl3F6N8O4S. The number of amides is 1. The molecule has 3 aromatic carbocycles. The number of benzene rings is 3. The van der Waals surface area contributed by atoms with Gasteiger partial charge in [-0.2, -0.15) is 19.0 Å². The minimum atomic E-state index is -3.91. The van der Waals surface area contributed by atoms with Gasteiger partial charge in [0.05, 0.1) is 49.8 Å². The number of nitrogens with zero attached hydrogens (tertiary/aromatic N) is 6. The van der Waals surface area contributed by atoms with Crippen molar-refractivity contribution in [3.63, 3.8) is 0 Å². The second-order valence-corrected chi connectivity index (χ2v) is 16.8. The van der Waals surface area contributed by atoms with Gasteiger partial charge in [-0.25, -0.2) is 31.0 Å². The molecule has 1 unspecified atom stereocenters. The third kappa shape index (κ3) is 6.76. The van der Waals surface area contributed by atoms with Crippen molar-refractivity contribution in [1.82, 2.24) is 34.4 Å². The molecule has 12 nitrogen and oxygen atoms in total. The molecule has 2 aliphatic rings. The first-order valence-electron chi connectivity index (χ1n) is 16.8. The van der Waals surface area contributed by atoms with Crippen LogP contribution in [0, 0.1) is 17.6 Å². The maximum atomic E-state index is 15.4. The fourth-order valence-corrected chi connectivity index (χ4v) is 8.93. The Morgan fingerprint density at radius 3 is 2.39 bits per heavy atom. The molecule has 2 N–H and O–H groups in total. The van der Waals surface area contributed by atoms with Crippen molar-refractivity contribution in [2.45, 2.75) is 43.7 Å². The highest BCUT2D eigenvalue weighted by Crippen LogP contribution is 2.68. The number of fused-ring (bicyclic) bond motifs is 5. The number of alkyl halides is 4. The van der Waals surface area contributed by atoms with Crippen LogP contribution in [0.3, 0.4) is 0 Å². The first-order valence-corrected chi connectivity index (χ1v) is 19.8. The van der Waals surface area contributed by atoms with Gasteiger partial charge in [0.1, 0.15) is 35.4 Å². The largest absolute Gasteiger partial charge is 0.344 e. The maximum Gasteiger partial charge on any atom is 0.293 e. The van der Waals surface area contributed by atoms with Crippen LogP contribution >= 0.6 is 34.8 Å². The van der Waals surface area contributed by atoms with E-state index < -0.39 is 87.7 Å². The van der Waals surface area contributed by atoms with Crippen molar-refractivity contribution in [2.24, 2.45) is 13.0 Å². The summed E-state index contributed by atoms with van der Waals surface area (Å²) in [7, 11) is -2.49. The van der Waals surface area contributed by atoms with Crippen LogP contribution in [-0.4, -0.2) is 49.7 Å². The van der Waals surface area contributed by atoms with Crippen LogP contribution in [0.1, 0.15) is 53.1 Å². The normalized spacial score (nSPS) is 17.6. The number of nitrogens with one attached hydrogen (secondary N) is 2. The number of halogens is 9. The van der Waals surface area contributed by atoms with Crippen LogP contribution in [0.5, 0.6) is 0 Å². The fourth-order valence-electron chi connectivity index (χ4n) is 7.63. The monoisotopic (exact) mass is 872 g/mol. The molecule has 6 aromatic rings. The second kappa shape index (κ2) is 13.6. The summed E-state index contributed by atoms with van der Waals surface area (Å²) < 4.78 is 118. The molecule has 0 bridgehead atoms. The average Bonchev–Trinajstić information content (AvgIpc) is 3.63. The van der Waals surface area contributed by atoms with E-state index in [2.05, 4.69) is 25.2 Å². The van der Waals surface area contributed by atoms with Gasteiger partial charge in [-0.1, -0.05) is 34.8 Å². The Hall–Kier alpha value is -4.85. The third-order valence-electron chi connectivity index (χ3n) is 9.82. The Balaban J connectivity index is 1.34. The molecule has 22 heteroatoms. The number of carbonyl (C=O) groups is 1. The number of hydrogen-bond donors (Lipinski definition) is 2. The Kier molecular flexibility index (Phi) is 9.33. The third-order valence-corrected chi connectivity index (χ3v) is 11.2. The lowest BCUT2D eigenvalue weighted by atomic mass is 10.0. The molecule has 3 heterocycles.